The summed E-state index contributed by atoms with van der Waals surface area (Å²) in [6.07, 6.45) is -0.668. The number of ether oxygens (including phenoxy) is 2. The molecule has 0 radical (unpaired) electrons. The normalized spacial score (nSPS) is 10.5. The Hall–Kier alpha value is -3.28. The van der Waals surface area contributed by atoms with Crippen molar-refractivity contribution in [3.05, 3.63) is 64.0 Å². The maximum absolute atomic E-state index is 12.2. The highest BCUT2D eigenvalue weighted by molar-refractivity contribution is 5.89. The minimum Gasteiger partial charge on any atom is -0.495 e. The van der Waals surface area contributed by atoms with Crippen LogP contribution in [0.5, 0.6) is 11.5 Å². The number of anilines is 1. The van der Waals surface area contributed by atoms with E-state index in [1.54, 1.807) is 24.3 Å². The van der Waals surface area contributed by atoms with Gasteiger partial charge in [0.15, 0.2) is 0 Å². The van der Waals surface area contributed by atoms with E-state index in [0.717, 1.165) is 16.5 Å². The largest absolute Gasteiger partial charge is 0.495 e. The van der Waals surface area contributed by atoms with Gasteiger partial charge < -0.3 is 13.9 Å². The zero-order chi connectivity index (χ0) is 18.0. The number of carbonyl (C=O) groups excluding carboxylic acids is 1. The van der Waals surface area contributed by atoms with Gasteiger partial charge in [-0.15, -0.1) is 0 Å². The van der Waals surface area contributed by atoms with Crippen molar-refractivity contribution in [1.82, 2.24) is 0 Å². The summed E-state index contributed by atoms with van der Waals surface area (Å²) in [7, 11) is 1.52. The summed E-state index contributed by atoms with van der Waals surface area (Å²) in [5, 5.41) is 3.43. The van der Waals surface area contributed by atoms with E-state index >= 15 is 0 Å². The van der Waals surface area contributed by atoms with Gasteiger partial charge in [0.05, 0.1) is 12.8 Å². The Kier molecular flexibility index (Phi) is 4.43. The fourth-order valence-electron chi connectivity index (χ4n) is 2.53. The van der Waals surface area contributed by atoms with Gasteiger partial charge in [-0.25, -0.2) is 9.59 Å². The smallest absolute Gasteiger partial charge is 0.417 e. The molecule has 1 amide bonds. The molecule has 0 aliphatic heterocycles. The molecule has 0 atom stereocenters. The van der Waals surface area contributed by atoms with Crippen molar-refractivity contribution in [3.63, 3.8) is 0 Å². The van der Waals surface area contributed by atoms with E-state index in [2.05, 4.69) is 5.32 Å². The van der Waals surface area contributed by atoms with Crippen molar-refractivity contribution in [1.29, 1.82) is 0 Å². The molecule has 3 aromatic rings. The molecule has 0 fully saturated rings. The molecule has 0 spiro atoms. The van der Waals surface area contributed by atoms with Crippen molar-refractivity contribution in [2.75, 3.05) is 12.4 Å². The number of carbonyl (C=O) groups is 1. The predicted octanol–water partition coefficient (Wildman–Crippen LogP) is 4.03. The lowest BCUT2D eigenvalue weighted by Gasteiger charge is -2.11. The zero-order valence-corrected chi connectivity index (χ0v) is 14.1. The van der Waals surface area contributed by atoms with E-state index in [1.807, 2.05) is 19.9 Å². The minimum absolute atomic E-state index is 0.269. The summed E-state index contributed by atoms with van der Waals surface area (Å²) in [4.78, 5) is 23.6. The van der Waals surface area contributed by atoms with Gasteiger partial charge in [0, 0.05) is 17.5 Å². The van der Waals surface area contributed by atoms with Crippen LogP contribution >= 0.6 is 0 Å². The van der Waals surface area contributed by atoms with E-state index in [4.69, 9.17) is 13.9 Å². The first kappa shape index (κ1) is 16.6. The first-order valence-electron chi connectivity index (χ1n) is 7.64. The number of hydrogen-bond acceptors (Lipinski definition) is 5. The molecular weight excluding hydrogens is 322 g/mol. The molecule has 0 bridgehead atoms. The third-order valence-electron chi connectivity index (χ3n) is 3.73. The Morgan fingerprint density at radius 2 is 1.88 bits per heavy atom. The van der Waals surface area contributed by atoms with Crippen LogP contribution < -0.4 is 20.4 Å². The quantitative estimate of drug-likeness (QED) is 0.729. The average Bonchev–Trinajstić information content (AvgIpc) is 2.54. The number of methoxy groups -OCH3 is 1. The lowest BCUT2D eigenvalue weighted by molar-refractivity contribution is 0.215. The van der Waals surface area contributed by atoms with Gasteiger partial charge in [0.1, 0.15) is 17.1 Å². The highest BCUT2D eigenvalue weighted by Crippen LogP contribution is 2.26. The number of amides is 1. The molecule has 1 N–H and O–H groups in total. The van der Waals surface area contributed by atoms with Crippen LogP contribution in [0.4, 0.5) is 10.5 Å². The van der Waals surface area contributed by atoms with E-state index in [-0.39, 0.29) is 5.75 Å². The second kappa shape index (κ2) is 6.68. The van der Waals surface area contributed by atoms with Crippen LogP contribution in [0.1, 0.15) is 11.1 Å². The van der Waals surface area contributed by atoms with Crippen LogP contribution in [0.3, 0.4) is 0 Å². The van der Waals surface area contributed by atoms with Gasteiger partial charge in [0.2, 0.25) is 0 Å². The molecule has 2 aromatic carbocycles. The highest BCUT2D eigenvalue weighted by Gasteiger charge is 2.11. The van der Waals surface area contributed by atoms with Gasteiger partial charge in [-0.1, -0.05) is 6.07 Å². The van der Waals surface area contributed by atoms with Gasteiger partial charge in [-0.05, 0) is 49.2 Å². The molecule has 1 heterocycles. The molecule has 3 rings (SSSR count). The third kappa shape index (κ3) is 3.63. The van der Waals surface area contributed by atoms with E-state index < -0.39 is 11.7 Å². The maximum atomic E-state index is 12.2. The van der Waals surface area contributed by atoms with Gasteiger partial charge in [0.25, 0.3) is 0 Å². The molecule has 0 aliphatic rings. The Balaban J connectivity index is 1.83. The second-order valence-electron chi connectivity index (χ2n) is 5.62. The summed E-state index contributed by atoms with van der Waals surface area (Å²) in [6, 6.07) is 11.7. The minimum atomic E-state index is -0.668. The topological polar surface area (TPSA) is 77.8 Å². The van der Waals surface area contributed by atoms with Crippen LogP contribution in [0.15, 0.2) is 51.7 Å². The third-order valence-corrected chi connectivity index (χ3v) is 3.73. The lowest BCUT2D eigenvalue weighted by Crippen LogP contribution is -2.17. The van der Waals surface area contributed by atoms with Gasteiger partial charge in [-0.3, -0.25) is 5.32 Å². The SMILES string of the molecule is COc1ccc(C)cc1NC(=O)Oc1ccc2c(C)cc(=O)oc2c1. The number of nitrogens with one attached hydrogen (secondary N) is 1. The molecule has 6 heteroatoms. The van der Waals surface area contributed by atoms with E-state index in [9.17, 15) is 9.59 Å². The van der Waals surface area contributed by atoms with Crippen molar-refractivity contribution in [2.24, 2.45) is 0 Å². The number of aryl methyl sites for hydroxylation is 2. The van der Waals surface area contributed by atoms with Crippen LogP contribution in [0.25, 0.3) is 11.0 Å². The molecule has 0 saturated heterocycles. The highest BCUT2D eigenvalue weighted by atomic mass is 16.6. The Labute approximate surface area is 144 Å². The fourth-order valence-corrected chi connectivity index (χ4v) is 2.53. The van der Waals surface area contributed by atoms with Crippen LogP contribution in [0, 0.1) is 13.8 Å². The maximum Gasteiger partial charge on any atom is 0.417 e. The lowest BCUT2D eigenvalue weighted by atomic mass is 10.1. The Morgan fingerprint density at radius 1 is 1.08 bits per heavy atom. The number of benzene rings is 2. The molecule has 0 aliphatic carbocycles. The molecule has 0 saturated carbocycles. The molecule has 128 valence electrons. The molecular formula is C19H17NO5. The summed E-state index contributed by atoms with van der Waals surface area (Å²) in [5.74, 6) is 0.799. The first-order chi connectivity index (χ1) is 12.0. The first-order valence-corrected chi connectivity index (χ1v) is 7.64. The predicted molar refractivity (Wildman–Crippen MR) is 94.6 cm³/mol. The number of hydrogen-bond donors (Lipinski definition) is 1. The van der Waals surface area contributed by atoms with E-state index in [0.29, 0.717) is 17.0 Å². The van der Waals surface area contributed by atoms with Crippen LogP contribution in [-0.2, 0) is 0 Å². The van der Waals surface area contributed by atoms with Gasteiger partial charge >= 0.3 is 11.7 Å². The van der Waals surface area contributed by atoms with Crippen molar-refractivity contribution in [3.8, 4) is 11.5 Å². The van der Waals surface area contributed by atoms with Crippen molar-refractivity contribution in [2.45, 2.75) is 13.8 Å². The molecule has 1 aromatic heterocycles. The Morgan fingerprint density at radius 3 is 2.64 bits per heavy atom. The number of rotatable bonds is 3. The molecule has 0 unspecified atom stereocenters. The molecule has 25 heavy (non-hydrogen) atoms. The Bertz CT molecular complexity index is 1010. The zero-order valence-electron chi connectivity index (χ0n) is 14.1. The average molecular weight is 339 g/mol. The van der Waals surface area contributed by atoms with Crippen molar-refractivity contribution < 1.29 is 18.7 Å². The summed E-state index contributed by atoms with van der Waals surface area (Å²) in [6.45, 7) is 3.72. The fraction of sp³-hybridized carbons (Fsp3) is 0.158. The van der Waals surface area contributed by atoms with Gasteiger partial charge in [-0.2, -0.15) is 0 Å². The number of fused-ring (bicyclic) bond motifs is 1. The van der Waals surface area contributed by atoms with Crippen molar-refractivity contribution >= 4 is 22.7 Å². The monoisotopic (exact) mass is 339 g/mol. The summed E-state index contributed by atoms with van der Waals surface area (Å²) < 4.78 is 15.6. The summed E-state index contributed by atoms with van der Waals surface area (Å²) >= 11 is 0. The van der Waals surface area contributed by atoms with E-state index in [1.165, 1.54) is 19.2 Å². The van der Waals surface area contributed by atoms with Crippen LogP contribution in [-0.4, -0.2) is 13.2 Å². The summed E-state index contributed by atoms with van der Waals surface area (Å²) in [5.41, 5.74) is 2.20. The second-order valence-corrected chi connectivity index (χ2v) is 5.62. The molecule has 6 nitrogen and oxygen atoms in total. The standard InChI is InChI=1S/C19H17NO5/c1-11-4-7-16(23-3)15(8-11)20-19(22)24-13-5-6-14-12(2)9-18(21)25-17(14)10-13/h4-10H,1-3H3,(H,20,22). The van der Waals surface area contributed by atoms with Crippen LogP contribution in [0.2, 0.25) is 0 Å².